The first-order chi connectivity index (χ1) is 9.23. The van der Waals surface area contributed by atoms with Gasteiger partial charge in [0.25, 0.3) is 0 Å². The molecule has 0 spiro atoms. The zero-order chi connectivity index (χ0) is 15.3. The zero-order valence-electron chi connectivity index (χ0n) is 12.6. The molecule has 0 unspecified atom stereocenters. The van der Waals surface area contributed by atoms with Crippen molar-refractivity contribution in [1.29, 1.82) is 0 Å². The molecule has 0 saturated carbocycles. The Kier molecular flexibility index (Phi) is 5.53. The number of carbonyl (C=O) groups excluding carboxylic acids is 3. The van der Waals surface area contributed by atoms with Gasteiger partial charge in [0, 0.05) is 19.0 Å². The summed E-state index contributed by atoms with van der Waals surface area (Å²) in [4.78, 5) is 36.6. The smallest absolute Gasteiger partial charge is 0.410 e. The maximum Gasteiger partial charge on any atom is 0.410 e. The number of hydrogen-bond acceptors (Lipinski definition) is 5. The number of esters is 1. The van der Waals surface area contributed by atoms with E-state index in [2.05, 4.69) is 4.74 Å². The van der Waals surface area contributed by atoms with Crippen LogP contribution >= 0.6 is 0 Å². The normalized spacial score (nSPS) is 19.4. The highest BCUT2D eigenvalue weighted by Crippen LogP contribution is 2.21. The molecule has 1 amide bonds. The van der Waals surface area contributed by atoms with Gasteiger partial charge in [0.2, 0.25) is 0 Å². The van der Waals surface area contributed by atoms with Crippen molar-refractivity contribution in [2.75, 3.05) is 20.2 Å². The number of Topliss-reactive ketones (excluding diaryl/α,β-unsaturated/α-hetero) is 1. The van der Waals surface area contributed by atoms with Gasteiger partial charge in [0.15, 0.2) is 0 Å². The minimum atomic E-state index is -0.556. The molecule has 1 atom stereocenters. The van der Waals surface area contributed by atoms with Crippen LogP contribution in [0.3, 0.4) is 0 Å². The van der Waals surface area contributed by atoms with Crippen LogP contribution in [0.4, 0.5) is 4.79 Å². The van der Waals surface area contributed by atoms with Crippen LogP contribution in [0.1, 0.15) is 40.0 Å². The summed E-state index contributed by atoms with van der Waals surface area (Å²) in [7, 11) is 1.25. The van der Waals surface area contributed by atoms with Crippen molar-refractivity contribution in [1.82, 2.24) is 4.90 Å². The molecule has 1 heterocycles. The number of carbonyl (C=O) groups is 3. The van der Waals surface area contributed by atoms with Crippen LogP contribution in [0.2, 0.25) is 0 Å². The second kappa shape index (κ2) is 6.72. The molecular weight excluding hydrogens is 262 g/mol. The third-order valence-corrected chi connectivity index (χ3v) is 3.07. The van der Waals surface area contributed by atoms with Crippen molar-refractivity contribution < 1.29 is 23.9 Å². The van der Waals surface area contributed by atoms with Crippen molar-refractivity contribution >= 4 is 17.8 Å². The predicted molar refractivity (Wildman–Crippen MR) is 72.2 cm³/mol. The van der Waals surface area contributed by atoms with Crippen LogP contribution in [0, 0.1) is 5.92 Å². The molecule has 0 aromatic rings. The van der Waals surface area contributed by atoms with Crippen molar-refractivity contribution in [2.45, 2.75) is 45.6 Å². The van der Waals surface area contributed by atoms with Crippen LogP contribution in [0.15, 0.2) is 0 Å². The average molecular weight is 285 g/mol. The fourth-order valence-corrected chi connectivity index (χ4v) is 2.09. The van der Waals surface area contributed by atoms with E-state index in [0.29, 0.717) is 19.5 Å². The fourth-order valence-electron chi connectivity index (χ4n) is 2.09. The van der Waals surface area contributed by atoms with Crippen LogP contribution in [-0.4, -0.2) is 48.5 Å². The van der Waals surface area contributed by atoms with Gasteiger partial charge < -0.3 is 14.4 Å². The standard InChI is InChI=1S/C14H23NO5/c1-14(2,3)20-13(18)15-7-5-6-10(9-15)11(16)8-12(17)19-4/h10H,5-9H2,1-4H3/t10-/m1/s1. The molecule has 6 nitrogen and oxygen atoms in total. The zero-order valence-corrected chi connectivity index (χ0v) is 12.6. The maximum atomic E-state index is 12.0. The van der Waals surface area contributed by atoms with Gasteiger partial charge in [-0.3, -0.25) is 9.59 Å². The molecule has 1 aliphatic rings. The Balaban J connectivity index is 2.56. The number of piperidine rings is 1. The Morgan fingerprint density at radius 1 is 1.25 bits per heavy atom. The summed E-state index contributed by atoms with van der Waals surface area (Å²) in [6, 6.07) is 0. The van der Waals surface area contributed by atoms with E-state index in [9.17, 15) is 14.4 Å². The van der Waals surface area contributed by atoms with Gasteiger partial charge in [-0.25, -0.2) is 4.79 Å². The summed E-state index contributed by atoms with van der Waals surface area (Å²) < 4.78 is 9.78. The monoisotopic (exact) mass is 285 g/mol. The Labute approximate surface area is 119 Å². The first-order valence-electron chi connectivity index (χ1n) is 6.80. The second-order valence-corrected chi connectivity index (χ2v) is 5.98. The summed E-state index contributed by atoms with van der Waals surface area (Å²) in [5, 5.41) is 0. The molecular formula is C14H23NO5. The second-order valence-electron chi connectivity index (χ2n) is 5.98. The molecule has 1 rings (SSSR count). The van der Waals surface area contributed by atoms with E-state index in [1.165, 1.54) is 12.0 Å². The highest BCUT2D eigenvalue weighted by Gasteiger charge is 2.31. The lowest BCUT2D eigenvalue weighted by Gasteiger charge is -2.33. The number of amides is 1. The third-order valence-electron chi connectivity index (χ3n) is 3.07. The molecule has 1 aliphatic heterocycles. The van der Waals surface area contributed by atoms with E-state index in [1.54, 1.807) is 20.8 Å². The highest BCUT2D eigenvalue weighted by molar-refractivity contribution is 5.97. The summed E-state index contributed by atoms with van der Waals surface area (Å²) >= 11 is 0. The number of likely N-dealkylation sites (tertiary alicyclic amines) is 1. The molecule has 0 radical (unpaired) electrons. The van der Waals surface area contributed by atoms with Crippen molar-refractivity contribution in [2.24, 2.45) is 5.92 Å². The lowest BCUT2D eigenvalue weighted by Crippen LogP contribution is -2.44. The Bertz CT molecular complexity index is 386. The molecule has 20 heavy (non-hydrogen) atoms. The molecule has 0 bridgehead atoms. The minimum absolute atomic E-state index is 0.176. The molecule has 1 fully saturated rings. The fraction of sp³-hybridized carbons (Fsp3) is 0.786. The van der Waals surface area contributed by atoms with E-state index < -0.39 is 17.7 Å². The van der Waals surface area contributed by atoms with E-state index >= 15 is 0 Å². The number of ketones is 1. The van der Waals surface area contributed by atoms with Crippen LogP contribution in [-0.2, 0) is 19.1 Å². The summed E-state index contributed by atoms with van der Waals surface area (Å²) in [5.74, 6) is -1.02. The van der Waals surface area contributed by atoms with Crippen molar-refractivity contribution in [3.63, 3.8) is 0 Å². The number of ether oxygens (including phenoxy) is 2. The molecule has 1 saturated heterocycles. The van der Waals surface area contributed by atoms with Gasteiger partial charge in [0.05, 0.1) is 7.11 Å². The summed E-state index contributed by atoms with van der Waals surface area (Å²) in [5.41, 5.74) is -0.556. The van der Waals surface area contributed by atoms with E-state index in [-0.39, 0.29) is 18.1 Å². The van der Waals surface area contributed by atoms with Crippen LogP contribution in [0.5, 0.6) is 0 Å². The van der Waals surface area contributed by atoms with Crippen molar-refractivity contribution in [3.05, 3.63) is 0 Å². The first-order valence-corrected chi connectivity index (χ1v) is 6.80. The third kappa shape index (κ3) is 5.19. The Morgan fingerprint density at radius 3 is 2.45 bits per heavy atom. The van der Waals surface area contributed by atoms with Gasteiger partial charge in [-0.1, -0.05) is 0 Å². The van der Waals surface area contributed by atoms with Crippen LogP contribution in [0.25, 0.3) is 0 Å². The van der Waals surface area contributed by atoms with E-state index in [4.69, 9.17) is 4.74 Å². The first kappa shape index (κ1) is 16.5. The number of methoxy groups -OCH3 is 1. The molecule has 0 aliphatic carbocycles. The number of hydrogen-bond donors (Lipinski definition) is 0. The quantitative estimate of drug-likeness (QED) is 0.583. The highest BCUT2D eigenvalue weighted by atomic mass is 16.6. The summed E-state index contributed by atoms with van der Waals surface area (Å²) in [6.45, 7) is 6.29. The minimum Gasteiger partial charge on any atom is -0.469 e. The van der Waals surface area contributed by atoms with Crippen molar-refractivity contribution in [3.8, 4) is 0 Å². The largest absolute Gasteiger partial charge is 0.469 e. The molecule has 0 N–H and O–H groups in total. The van der Waals surface area contributed by atoms with Gasteiger partial charge in [0.1, 0.15) is 17.8 Å². The van der Waals surface area contributed by atoms with Gasteiger partial charge >= 0.3 is 12.1 Å². The number of nitrogens with zero attached hydrogens (tertiary/aromatic N) is 1. The van der Waals surface area contributed by atoms with Crippen LogP contribution < -0.4 is 0 Å². The lowest BCUT2D eigenvalue weighted by atomic mass is 9.92. The van der Waals surface area contributed by atoms with Gasteiger partial charge in [-0.15, -0.1) is 0 Å². The molecule has 0 aromatic carbocycles. The summed E-state index contributed by atoms with van der Waals surface area (Å²) in [6.07, 6.45) is 0.781. The topological polar surface area (TPSA) is 72.9 Å². The Hall–Kier alpha value is -1.59. The average Bonchev–Trinajstić information content (AvgIpc) is 2.36. The molecule has 6 heteroatoms. The SMILES string of the molecule is COC(=O)CC(=O)[C@@H]1CCCN(C(=O)OC(C)(C)C)C1. The molecule has 114 valence electrons. The lowest BCUT2D eigenvalue weighted by molar-refractivity contribution is -0.144. The number of rotatable bonds is 3. The Morgan fingerprint density at radius 2 is 1.90 bits per heavy atom. The predicted octanol–water partition coefficient (Wildman–Crippen LogP) is 1.77. The van der Waals surface area contributed by atoms with E-state index in [1.807, 2.05) is 0 Å². The van der Waals surface area contributed by atoms with E-state index in [0.717, 1.165) is 6.42 Å². The van der Waals surface area contributed by atoms with Gasteiger partial charge in [-0.2, -0.15) is 0 Å². The maximum absolute atomic E-state index is 12.0. The molecule has 0 aromatic heterocycles. The van der Waals surface area contributed by atoms with Gasteiger partial charge in [-0.05, 0) is 33.6 Å².